The Bertz CT molecular complexity index is 561. The maximum Gasteiger partial charge on any atom is 0.225 e. The van der Waals surface area contributed by atoms with Crippen LogP contribution in [0.2, 0.25) is 0 Å². The molecule has 0 aliphatic heterocycles. The molecule has 2 saturated carbocycles. The minimum absolute atomic E-state index is 0.156. The predicted octanol–water partition coefficient (Wildman–Crippen LogP) is 2.99. The molecule has 132 valence electrons. The highest BCUT2D eigenvalue weighted by Crippen LogP contribution is 2.42. The van der Waals surface area contributed by atoms with Crippen molar-refractivity contribution in [3.05, 3.63) is 29.8 Å². The van der Waals surface area contributed by atoms with Crippen LogP contribution in [0.4, 0.5) is 0 Å². The molecule has 0 radical (unpaired) electrons. The Labute approximate surface area is 145 Å². The summed E-state index contributed by atoms with van der Waals surface area (Å²) >= 11 is 0. The molecule has 2 bridgehead atoms. The molecule has 0 heterocycles. The van der Waals surface area contributed by atoms with Crippen LogP contribution in [0.1, 0.15) is 37.7 Å². The lowest BCUT2D eigenvalue weighted by atomic mass is 9.65. The van der Waals surface area contributed by atoms with Gasteiger partial charge in [0.15, 0.2) is 0 Å². The van der Waals surface area contributed by atoms with E-state index in [1.165, 1.54) is 19.3 Å². The Balaban J connectivity index is 1.49. The monoisotopic (exact) mass is 330 g/mol. The topological polar surface area (TPSA) is 55.6 Å². The highest BCUT2D eigenvalue weighted by molar-refractivity contribution is 5.78. The smallest absolute Gasteiger partial charge is 0.225 e. The summed E-state index contributed by atoms with van der Waals surface area (Å²) in [6, 6.07) is 8.30. The molecule has 2 unspecified atom stereocenters. The standard InChI is InChI=1S/C20H30N2O2/c1-14-6-3-4-9-18(14)24-11-10-22(2)20(23)17-12-15-7-5-8-16(13-17)19(15)21/h3-4,6,9,15-17,19H,5,7-8,10-13,21H2,1-2H3. The minimum Gasteiger partial charge on any atom is -0.491 e. The van der Waals surface area contributed by atoms with Gasteiger partial charge in [-0.1, -0.05) is 24.6 Å². The highest BCUT2D eigenvalue weighted by atomic mass is 16.5. The molecule has 1 amide bonds. The van der Waals surface area contributed by atoms with Crippen LogP contribution >= 0.6 is 0 Å². The molecule has 1 aromatic rings. The van der Waals surface area contributed by atoms with Crippen molar-refractivity contribution in [1.29, 1.82) is 0 Å². The molecule has 3 rings (SSSR count). The number of amides is 1. The fraction of sp³-hybridized carbons (Fsp3) is 0.650. The van der Waals surface area contributed by atoms with Gasteiger partial charge in [-0.25, -0.2) is 0 Å². The van der Waals surface area contributed by atoms with E-state index in [1.807, 2.05) is 43.1 Å². The first-order chi connectivity index (χ1) is 11.6. The van der Waals surface area contributed by atoms with E-state index in [2.05, 4.69) is 0 Å². The Morgan fingerprint density at radius 1 is 1.25 bits per heavy atom. The minimum atomic E-state index is 0.156. The fourth-order valence-electron chi connectivity index (χ4n) is 4.42. The average molecular weight is 330 g/mol. The van der Waals surface area contributed by atoms with Gasteiger partial charge in [0.05, 0.1) is 6.54 Å². The summed E-state index contributed by atoms with van der Waals surface area (Å²) in [5, 5.41) is 0. The number of likely N-dealkylation sites (N-methyl/N-ethyl adjacent to an activating group) is 1. The number of fused-ring (bicyclic) bond motifs is 2. The van der Waals surface area contributed by atoms with E-state index in [0.717, 1.165) is 24.2 Å². The maximum atomic E-state index is 12.8. The quantitative estimate of drug-likeness (QED) is 0.903. The summed E-state index contributed by atoms with van der Waals surface area (Å²) in [6.07, 6.45) is 5.62. The summed E-state index contributed by atoms with van der Waals surface area (Å²) < 4.78 is 5.82. The molecule has 2 aliphatic carbocycles. The zero-order chi connectivity index (χ0) is 17.1. The first-order valence-electron chi connectivity index (χ1n) is 9.25. The van der Waals surface area contributed by atoms with Crippen LogP contribution in [0.3, 0.4) is 0 Å². The van der Waals surface area contributed by atoms with Gasteiger partial charge in [-0.3, -0.25) is 4.79 Å². The number of hydrogen-bond donors (Lipinski definition) is 1. The van der Waals surface area contributed by atoms with Crippen LogP contribution in [0, 0.1) is 24.7 Å². The van der Waals surface area contributed by atoms with Crippen molar-refractivity contribution in [2.75, 3.05) is 20.2 Å². The Kier molecular flexibility index (Phi) is 5.44. The Hall–Kier alpha value is -1.55. The maximum absolute atomic E-state index is 12.8. The number of hydrogen-bond acceptors (Lipinski definition) is 3. The third-order valence-electron chi connectivity index (χ3n) is 5.92. The number of carbonyl (C=O) groups is 1. The lowest BCUT2D eigenvalue weighted by molar-refractivity contribution is -0.137. The second-order valence-electron chi connectivity index (χ2n) is 7.57. The van der Waals surface area contributed by atoms with E-state index in [4.69, 9.17) is 10.5 Å². The van der Waals surface area contributed by atoms with Crippen molar-refractivity contribution in [1.82, 2.24) is 4.90 Å². The number of benzene rings is 1. The van der Waals surface area contributed by atoms with E-state index >= 15 is 0 Å². The molecule has 1 aromatic carbocycles. The molecule has 0 saturated heterocycles. The molecule has 4 nitrogen and oxygen atoms in total. The SMILES string of the molecule is Cc1ccccc1OCCN(C)C(=O)C1CC2CCCC(C1)C2N. The second kappa shape index (κ2) is 7.56. The van der Waals surface area contributed by atoms with E-state index in [-0.39, 0.29) is 11.8 Å². The van der Waals surface area contributed by atoms with Gasteiger partial charge >= 0.3 is 0 Å². The van der Waals surface area contributed by atoms with Gasteiger partial charge in [-0.15, -0.1) is 0 Å². The fourth-order valence-corrected chi connectivity index (χ4v) is 4.42. The first kappa shape index (κ1) is 17.3. The first-order valence-corrected chi connectivity index (χ1v) is 9.25. The van der Waals surface area contributed by atoms with Crippen molar-refractivity contribution >= 4 is 5.91 Å². The van der Waals surface area contributed by atoms with Crippen molar-refractivity contribution in [3.63, 3.8) is 0 Å². The zero-order valence-electron chi connectivity index (χ0n) is 14.9. The van der Waals surface area contributed by atoms with Crippen LogP contribution in [0.15, 0.2) is 24.3 Å². The van der Waals surface area contributed by atoms with Gasteiger partial charge in [0.2, 0.25) is 5.91 Å². The van der Waals surface area contributed by atoms with Crippen molar-refractivity contribution in [2.24, 2.45) is 23.5 Å². The van der Waals surface area contributed by atoms with Gasteiger partial charge in [0, 0.05) is 19.0 Å². The van der Waals surface area contributed by atoms with Crippen LogP contribution in [-0.2, 0) is 4.79 Å². The third-order valence-corrected chi connectivity index (χ3v) is 5.92. The zero-order valence-corrected chi connectivity index (χ0v) is 14.9. The van der Waals surface area contributed by atoms with E-state index in [0.29, 0.717) is 31.0 Å². The molecule has 0 spiro atoms. The number of ether oxygens (including phenoxy) is 1. The Morgan fingerprint density at radius 3 is 2.58 bits per heavy atom. The number of carbonyl (C=O) groups excluding carboxylic acids is 1. The number of para-hydroxylation sites is 1. The van der Waals surface area contributed by atoms with Gasteiger partial charge in [-0.2, -0.15) is 0 Å². The van der Waals surface area contributed by atoms with Crippen LogP contribution < -0.4 is 10.5 Å². The molecule has 2 N–H and O–H groups in total. The number of nitrogens with zero attached hydrogens (tertiary/aromatic N) is 1. The number of aryl methyl sites for hydroxylation is 1. The molecule has 2 fully saturated rings. The Morgan fingerprint density at radius 2 is 1.92 bits per heavy atom. The lowest BCUT2D eigenvalue weighted by Gasteiger charge is -2.44. The summed E-state index contributed by atoms with van der Waals surface area (Å²) in [7, 11) is 1.90. The van der Waals surface area contributed by atoms with Crippen LogP contribution in [-0.4, -0.2) is 37.0 Å². The average Bonchev–Trinajstić information content (AvgIpc) is 2.55. The molecule has 0 aromatic heterocycles. The van der Waals surface area contributed by atoms with Gasteiger partial charge in [0.25, 0.3) is 0 Å². The molecular weight excluding hydrogens is 300 g/mol. The van der Waals surface area contributed by atoms with Crippen molar-refractivity contribution in [3.8, 4) is 5.75 Å². The van der Waals surface area contributed by atoms with E-state index < -0.39 is 0 Å². The summed E-state index contributed by atoms with van der Waals surface area (Å²) in [6.45, 7) is 3.20. The normalized spacial score (nSPS) is 29.1. The van der Waals surface area contributed by atoms with E-state index in [1.54, 1.807) is 0 Å². The summed E-state index contributed by atoms with van der Waals surface area (Å²) in [5.41, 5.74) is 7.46. The molecule has 2 atom stereocenters. The van der Waals surface area contributed by atoms with Gasteiger partial charge in [-0.05, 0) is 56.1 Å². The number of nitrogens with two attached hydrogens (primary N) is 1. The van der Waals surface area contributed by atoms with Gasteiger partial charge < -0.3 is 15.4 Å². The van der Waals surface area contributed by atoms with Crippen molar-refractivity contribution < 1.29 is 9.53 Å². The van der Waals surface area contributed by atoms with Gasteiger partial charge in [0.1, 0.15) is 12.4 Å². The highest BCUT2D eigenvalue weighted by Gasteiger charge is 2.41. The van der Waals surface area contributed by atoms with Crippen LogP contribution in [0.5, 0.6) is 5.75 Å². The van der Waals surface area contributed by atoms with E-state index in [9.17, 15) is 4.79 Å². The molecule has 2 aliphatic rings. The summed E-state index contributed by atoms with van der Waals surface area (Å²) in [4.78, 5) is 14.6. The molecule has 4 heteroatoms. The van der Waals surface area contributed by atoms with Crippen LogP contribution in [0.25, 0.3) is 0 Å². The van der Waals surface area contributed by atoms with Crippen molar-refractivity contribution in [2.45, 2.75) is 45.1 Å². The largest absolute Gasteiger partial charge is 0.491 e. The third kappa shape index (κ3) is 3.75. The second-order valence-corrected chi connectivity index (χ2v) is 7.57. The molecular formula is C20H30N2O2. The number of rotatable bonds is 5. The lowest BCUT2D eigenvalue weighted by Crippen LogP contribution is -2.49. The molecule has 24 heavy (non-hydrogen) atoms. The predicted molar refractivity (Wildman–Crippen MR) is 95.8 cm³/mol. The summed E-state index contributed by atoms with van der Waals surface area (Å²) in [5.74, 6) is 2.42.